The molecule has 2 aliphatic heterocycles. The fraction of sp³-hybridized carbons (Fsp3) is 0.571. The number of carbonyl (C=O) groups excluding carboxylic acids is 1. The Balaban J connectivity index is 1.98. The molecule has 1 unspecified atom stereocenters. The first-order valence-corrected chi connectivity index (χ1v) is 7.33. The molecule has 1 spiro atoms. The lowest BCUT2D eigenvalue weighted by Crippen LogP contribution is -2.57. The third-order valence-corrected chi connectivity index (χ3v) is 4.56. The Morgan fingerprint density at radius 2 is 2.09 bits per heavy atom. The van der Waals surface area contributed by atoms with Gasteiger partial charge in [0, 0.05) is 13.2 Å². The van der Waals surface area contributed by atoms with Crippen LogP contribution in [0, 0.1) is 0 Å². The number of aromatic nitrogens is 1. The van der Waals surface area contributed by atoms with E-state index >= 15 is 0 Å². The summed E-state index contributed by atoms with van der Waals surface area (Å²) < 4.78 is 33.3. The lowest BCUT2D eigenvalue weighted by molar-refractivity contribution is -0.116. The number of carbonyl (C=O) groups is 1. The molecule has 2 aliphatic rings. The van der Waals surface area contributed by atoms with Gasteiger partial charge >= 0.3 is 0 Å². The number of likely N-dealkylation sites (tertiary alicyclic amines) is 1. The fourth-order valence-corrected chi connectivity index (χ4v) is 3.37. The molecule has 2 fully saturated rings. The van der Waals surface area contributed by atoms with E-state index in [0.29, 0.717) is 0 Å². The molecule has 0 saturated carbocycles. The van der Waals surface area contributed by atoms with Gasteiger partial charge in [0.25, 0.3) is 11.8 Å². The van der Waals surface area contributed by atoms with Gasteiger partial charge in [-0.15, -0.1) is 0 Å². The zero-order valence-electron chi connectivity index (χ0n) is 11.6. The summed E-state index contributed by atoms with van der Waals surface area (Å²) in [7, 11) is 0. The molecule has 120 valence electrons. The van der Waals surface area contributed by atoms with Crippen molar-refractivity contribution in [1.82, 2.24) is 9.88 Å². The van der Waals surface area contributed by atoms with E-state index in [9.17, 15) is 18.7 Å². The predicted octanol–water partition coefficient (Wildman–Crippen LogP) is 1.74. The molecule has 1 aromatic rings. The topological polar surface area (TPSA) is 62.7 Å². The second-order valence-electron chi connectivity index (χ2n) is 5.62. The maximum Gasteiger partial charge on any atom is 0.292 e. The van der Waals surface area contributed by atoms with Crippen LogP contribution in [-0.2, 0) is 4.74 Å². The fourth-order valence-electron chi connectivity index (χ4n) is 3.20. The van der Waals surface area contributed by atoms with Crippen LogP contribution < -0.4 is 0 Å². The van der Waals surface area contributed by atoms with Crippen molar-refractivity contribution in [1.29, 1.82) is 0 Å². The summed E-state index contributed by atoms with van der Waals surface area (Å²) >= 11 is 5.76. The molecule has 1 amide bonds. The summed E-state index contributed by atoms with van der Waals surface area (Å²) in [6.45, 7) is -0.388. The molecule has 22 heavy (non-hydrogen) atoms. The van der Waals surface area contributed by atoms with Gasteiger partial charge in [0.2, 0.25) is 0 Å². The normalized spacial score (nSPS) is 26.4. The minimum absolute atomic E-state index is 0.0109. The molecule has 8 heteroatoms. The van der Waals surface area contributed by atoms with Gasteiger partial charge in [-0.3, -0.25) is 4.79 Å². The Morgan fingerprint density at radius 1 is 1.41 bits per heavy atom. The quantitative estimate of drug-likeness (QED) is 0.796. The summed E-state index contributed by atoms with van der Waals surface area (Å²) in [5, 5.41) is 10.2. The van der Waals surface area contributed by atoms with Crippen molar-refractivity contribution in [2.75, 3.05) is 19.8 Å². The van der Waals surface area contributed by atoms with Crippen molar-refractivity contribution < 1.29 is 23.4 Å². The molecule has 1 aromatic heterocycles. The third kappa shape index (κ3) is 2.37. The van der Waals surface area contributed by atoms with Gasteiger partial charge < -0.3 is 14.7 Å². The Hall–Kier alpha value is -1.31. The number of pyridine rings is 1. The van der Waals surface area contributed by atoms with Gasteiger partial charge in [-0.2, -0.15) is 0 Å². The van der Waals surface area contributed by atoms with E-state index in [-0.39, 0.29) is 36.9 Å². The maximum atomic E-state index is 14.0. The molecule has 0 aromatic carbocycles. The first-order valence-electron chi connectivity index (χ1n) is 6.95. The van der Waals surface area contributed by atoms with Crippen LogP contribution in [0.25, 0.3) is 0 Å². The monoisotopic (exact) mass is 332 g/mol. The average Bonchev–Trinajstić information content (AvgIpc) is 2.69. The lowest BCUT2D eigenvalue weighted by Gasteiger charge is -2.42. The zero-order chi connectivity index (χ0) is 16.0. The highest BCUT2D eigenvalue weighted by molar-refractivity contribution is 6.29. The third-order valence-electron chi connectivity index (χ3n) is 4.35. The summed E-state index contributed by atoms with van der Waals surface area (Å²) in [5.41, 5.74) is -1.33. The number of aliphatic hydroxyl groups is 1. The molecule has 1 N–H and O–H groups in total. The number of halogens is 3. The number of hydrogen-bond acceptors (Lipinski definition) is 4. The summed E-state index contributed by atoms with van der Waals surface area (Å²) in [6.07, 6.45) is -1.58. The highest BCUT2D eigenvalue weighted by Gasteiger charge is 2.64. The molecule has 0 aliphatic carbocycles. The van der Waals surface area contributed by atoms with E-state index in [1.54, 1.807) is 0 Å². The molecule has 0 bridgehead atoms. The van der Waals surface area contributed by atoms with E-state index < -0.39 is 30.0 Å². The Kier molecular flexibility index (Phi) is 3.82. The SMILES string of the molecule is O=C(c1cccc(Cl)n1)N1CC(F)(F)C(O)C12CCOCC2. The molecular formula is C14H15ClF2N2O3. The van der Waals surface area contributed by atoms with Crippen molar-refractivity contribution in [3.8, 4) is 0 Å². The number of alkyl halides is 2. The minimum atomic E-state index is -3.36. The van der Waals surface area contributed by atoms with Gasteiger partial charge in [-0.05, 0) is 25.0 Å². The zero-order valence-corrected chi connectivity index (χ0v) is 12.4. The number of hydrogen-bond donors (Lipinski definition) is 1. The summed E-state index contributed by atoms with van der Waals surface area (Å²) in [6, 6.07) is 4.45. The van der Waals surface area contributed by atoms with Crippen LogP contribution in [0.1, 0.15) is 23.3 Å². The van der Waals surface area contributed by atoms with E-state index in [2.05, 4.69) is 4.98 Å². The summed E-state index contributed by atoms with van der Waals surface area (Å²) in [4.78, 5) is 17.6. The van der Waals surface area contributed by atoms with E-state index in [1.807, 2.05) is 0 Å². The number of nitrogens with zero attached hydrogens (tertiary/aromatic N) is 2. The average molecular weight is 333 g/mol. The van der Waals surface area contributed by atoms with Gasteiger partial charge in [0.05, 0.1) is 12.1 Å². The van der Waals surface area contributed by atoms with Crippen molar-refractivity contribution in [2.24, 2.45) is 0 Å². The Morgan fingerprint density at radius 3 is 2.73 bits per heavy atom. The standard InChI is InChI=1S/C14H15ClF2N2O3/c15-10-3-1-2-9(18-10)11(20)19-8-14(16,17)12(21)13(19)4-6-22-7-5-13/h1-3,12,21H,4-8H2. The number of rotatable bonds is 1. The number of amides is 1. The van der Waals surface area contributed by atoms with Gasteiger partial charge in [-0.25, -0.2) is 13.8 Å². The Labute approximate surface area is 130 Å². The van der Waals surface area contributed by atoms with Crippen LogP contribution in [0.3, 0.4) is 0 Å². The molecule has 0 radical (unpaired) electrons. The van der Waals surface area contributed by atoms with Crippen LogP contribution in [0.4, 0.5) is 8.78 Å². The van der Waals surface area contributed by atoms with Crippen molar-refractivity contribution in [2.45, 2.75) is 30.4 Å². The van der Waals surface area contributed by atoms with Crippen LogP contribution in [0.5, 0.6) is 0 Å². The lowest BCUT2D eigenvalue weighted by atomic mass is 9.84. The summed E-state index contributed by atoms with van der Waals surface area (Å²) in [5.74, 6) is -4.01. The predicted molar refractivity (Wildman–Crippen MR) is 74.0 cm³/mol. The first-order chi connectivity index (χ1) is 10.4. The number of ether oxygens (including phenoxy) is 1. The molecule has 2 saturated heterocycles. The van der Waals surface area contributed by atoms with Crippen molar-refractivity contribution >= 4 is 17.5 Å². The van der Waals surface area contributed by atoms with Crippen LogP contribution >= 0.6 is 11.6 Å². The molecule has 5 nitrogen and oxygen atoms in total. The van der Waals surface area contributed by atoms with Crippen LogP contribution in [0.2, 0.25) is 5.15 Å². The number of aliphatic hydroxyl groups excluding tert-OH is 1. The molecular weight excluding hydrogens is 318 g/mol. The smallest absolute Gasteiger partial charge is 0.292 e. The first kappa shape index (κ1) is 15.6. The van der Waals surface area contributed by atoms with E-state index in [0.717, 1.165) is 4.90 Å². The maximum absolute atomic E-state index is 14.0. The van der Waals surface area contributed by atoms with E-state index in [4.69, 9.17) is 16.3 Å². The van der Waals surface area contributed by atoms with Crippen LogP contribution in [0.15, 0.2) is 18.2 Å². The molecule has 3 rings (SSSR count). The van der Waals surface area contributed by atoms with Crippen molar-refractivity contribution in [3.05, 3.63) is 29.0 Å². The van der Waals surface area contributed by atoms with E-state index in [1.165, 1.54) is 18.2 Å². The van der Waals surface area contributed by atoms with Crippen LogP contribution in [-0.4, -0.2) is 58.2 Å². The highest BCUT2D eigenvalue weighted by Crippen LogP contribution is 2.45. The van der Waals surface area contributed by atoms with Crippen molar-refractivity contribution in [3.63, 3.8) is 0 Å². The van der Waals surface area contributed by atoms with Gasteiger partial charge in [0.1, 0.15) is 17.0 Å². The minimum Gasteiger partial charge on any atom is -0.384 e. The second-order valence-corrected chi connectivity index (χ2v) is 6.00. The molecule has 3 heterocycles. The van der Waals surface area contributed by atoms with Gasteiger partial charge in [-0.1, -0.05) is 17.7 Å². The highest BCUT2D eigenvalue weighted by atomic mass is 35.5. The second kappa shape index (κ2) is 5.40. The molecule has 1 atom stereocenters. The van der Waals surface area contributed by atoms with Gasteiger partial charge in [0.15, 0.2) is 0 Å². The largest absolute Gasteiger partial charge is 0.384 e. The Bertz CT molecular complexity index is 593.